The Hall–Kier alpha value is -1.46. The Morgan fingerprint density at radius 1 is 1.10 bits per heavy atom. The third-order valence-electron chi connectivity index (χ3n) is 4.40. The molecule has 110 valence electrons. The van der Waals surface area contributed by atoms with Gasteiger partial charge in [-0.1, -0.05) is 41.7 Å². The molecule has 0 N–H and O–H groups in total. The summed E-state index contributed by atoms with van der Waals surface area (Å²) in [7, 11) is 0. The molecule has 2 fully saturated rings. The topological polar surface area (TPSA) is 32.3 Å². The lowest BCUT2D eigenvalue weighted by molar-refractivity contribution is 0.219. The van der Waals surface area contributed by atoms with Crippen LogP contribution in [0.3, 0.4) is 0 Å². The molecule has 4 nitrogen and oxygen atoms in total. The minimum atomic E-state index is 0.524. The zero-order valence-corrected chi connectivity index (χ0v) is 13.1. The van der Waals surface area contributed by atoms with E-state index in [0.29, 0.717) is 6.04 Å². The fourth-order valence-corrected chi connectivity index (χ4v) is 4.05. The minimum absolute atomic E-state index is 0.524. The molecule has 1 atom stereocenters. The molecule has 2 aromatic rings. The van der Waals surface area contributed by atoms with Gasteiger partial charge < -0.3 is 4.90 Å². The molecule has 0 radical (unpaired) electrons. The molecule has 2 heterocycles. The summed E-state index contributed by atoms with van der Waals surface area (Å²) < 4.78 is 0. The van der Waals surface area contributed by atoms with E-state index in [4.69, 9.17) is 0 Å². The zero-order chi connectivity index (χ0) is 14.2. The van der Waals surface area contributed by atoms with Gasteiger partial charge in [-0.25, -0.2) is 0 Å². The summed E-state index contributed by atoms with van der Waals surface area (Å²) in [6.45, 7) is 5.69. The van der Waals surface area contributed by atoms with Gasteiger partial charge >= 0.3 is 0 Å². The predicted molar refractivity (Wildman–Crippen MR) is 86.7 cm³/mol. The van der Waals surface area contributed by atoms with Crippen molar-refractivity contribution in [2.75, 3.05) is 24.5 Å². The van der Waals surface area contributed by atoms with Gasteiger partial charge in [0.25, 0.3) is 0 Å². The molecule has 1 aromatic carbocycles. The lowest BCUT2D eigenvalue weighted by Crippen LogP contribution is -2.52. The first-order valence-corrected chi connectivity index (χ1v) is 8.52. The SMILES string of the molecule is CC1CN(C2CC2)CCN1c1nnc(-c2ccccc2)s1. The van der Waals surface area contributed by atoms with Crippen molar-refractivity contribution in [1.82, 2.24) is 15.1 Å². The molecule has 1 saturated carbocycles. The highest BCUT2D eigenvalue weighted by molar-refractivity contribution is 7.18. The van der Waals surface area contributed by atoms with Crippen molar-refractivity contribution in [2.45, 2.75) is 31.8 Å². The summed E-state index contributed by atoms with van der Waals surface area (Å²) in [5, 5.41) is 10.9. The van der Waals surface area contributed by atoms with E-state index in [0.717, 1.165) is 41.4 Å². The van der Waals surface area contributed by atoms with E-state index >= 15 is 0 Å². The summed E-state index contributed by atoms with van der Waals surface area (Å²) in [6.07, 6.45) is 2.79. The second-order valence-electron chi connectivity index (χ2n) is 6.02. The summed E-state index contributed by atoms with van der Waals surface area (Å²) in [4.78, 5) is 5.06. The number of anilines is 1. The van der Waals surface area contributed by atoms with Crippen LogP contribution in [0.4, 0.5) is 5.13 Å². The normalized spacial score (nSPS) is 23.5. The maximum absolute atomic E-state index is 4.43. The summed E-state index contributed by atoms with van der Waals surface area (Å²) in [5.41, 5.74) is 1.16. The standard InChI is InChI=1S/C16H20N4S/c1-12-11-19(14-7-8-14)9-10-20(12)16-18-17-15(21-16)13-5-3-2-4-6-13/h2-6,12,14H,7-11H2,1H3. The maximum atomic E-state index is 4.43. The van der Waals surface area contributed by atoms with Gasteiger partial charge in [0.2, 0.25) is 5.13 Å². The van der Waals surface area contributed by atoms with E-state index in [9.17, 15) is 0 Å². The van der Waals surface area contributed by atoms with Crippen LogP contribution in [-0.2, 0) is 0 Å². The summed E-state index contributed by atoms with van der Waals surface area (Å²) in [5.74, 6) is 0. The van der Waals surface area contributed by atoms with Gasteiger partial charge in [0.05, 0.1) is 0 Å². The molecule has 4 rings (SSSR count). The van der Waals surface area contributed by atoms with E-state index in [1.165, 1.54) is 12.8 Å². The second kappa shape index (κ2) is 5.39. The number of nitrogens with zero attached hydrogens (tertiary/aromatic N) is 4. The zero-order valence-electron chi connectivity index (χ0n) is 12.3. The van der Waals surface area contributed by atoms with Crippen LogP contribution in [0.15, 0.2) is 30.3 Å². The molecule has 2 aliphatic rings. The first-order valence-electron chi connectivity index (χ1n) is 7.71. The fourth-order valence-electron chi connectivity index (χ4n) is 3.07. The second-order valence-corrected chi connectivity index (χ2v) is 6.98. The van der Waals surface area contributed by atoms with Crippen molar-refractivity contribution < 1.29 is 0 Å². The van der Waals surface area contributed by atoms with Gasteiger partial charge in [-0.3, -0.25) is 4.90 Å². The van der Waals surface area contributed by atoms with Gasteiger partial charge in [0.1, 0.15) is 5.01 Å². The average molecular weight is 300 g/mol. The van der Waals surface area contributed by atoms with Crippen LogP contribution in [0, 0.1) is 0 Å². The summed E-state index contributed by atoms with van der Waals surface area (Å²) >= 11 is 1.71. The largest absolute Gasteiger partial charge is 0.341 e. The first kappa shape index (κ1) is 13.2. The molecule has 1 aromatic heterocycles. The van der Waals surface area contributed by atoms with Crippen molar-refractivity contribution in [3.05, 3.63) is 30.3 Å². The van der Waals surface area contributed by atoms with Crippen molar-refractivity contribution in [3.8, 4) is 10.6 Å². The van der Waals surface area contributed by atoms with Crippen molar-refractivity contribution in [3.63, 3.8) is 0 Å². The molecule has 21 heavy (non-hydrogen) atoms. The molecule has 0 amide bonds. The highest BCUT2D eigenvalue weighted by Crippen LogP contribution is 2.33. The number of rotatable bonds is 3. The van der Waals surface area contributed by atoms with Crippen LogP contribution in [0.1, 0.15) is 19.8 Å². The Labute approximate surface area is 129 Å². The van der Waals surface area contributed by atoms with Crippen molar-refractivity contribution in [2.24, 2.45) is 0 Å². The lowest BCUT2D eigenvalue weighted by Gasteiger charge is -2.39. The van der Waals surface area contributed by atoms with Crippen LogP contribution < -0.4 is 4.90 Å². The maximum Gasteiger partial charge on any atom is 0.208 e. The van der Waals surface area contributed by atoms with E-state index in [2.05, 4.69) is 39.1 Å². The van der Waals surface area contributed by atoms with E-state index < -0.39 is 0 Å². The molecular weight excluding hydrogens is 280 g/mol. The smallest absolute Gasteiger partial charge is 0.208 e. The fraction of sp³-hybridized carbons (Fsp3) is 0.500. The lowest BCUT2D eigenvalue weighted by atomic mass is 10.2. The number of benzene rings is 1. The van der Waals surface area contributed by atoms with Crippen LogP contribution >= 0.6 is 11.3 Å². The number of aromatic nitrogens is 2. The van der Waals surface area contributed by atoms with Gasteiger partial charge in [0.15, 0.2) is 0 Å². The Bertz CT molecular complexity index is 608. The molecule has 0 spiro atoms. The minimum Gasteiger partial charge on any atom is -0.341 e. The van der Waals surface area contributed by atoms with Gasteiger partial charge in [0, 0.05) is 37.3 Å². The van der Waals surface area contributed by atoms with Gasteiger partial charge in [-0.2, -0.15) is 0 Å². The Kier molecular flexibility index (Phi) is 3.39. The highest BCUT2D eigenvalue weighted by Gasteiger charge is 2.34. The van der Waals surface area contributed by atoms with E-state index in [1.807, 2.05) is 18.2 Å². The molecular formula is C16H20N4S. The van der Waals surface area contributed by atoms with E-state index in [1.54, 1.807) is 11.3 Å². The van der Waals surface area contributed by atoms with Crippen LogP contribution in [0.2, 0.25) is 0 Å². The van der Waals surface area contributed by atoms with E-state index in [-0.39, 0.29) is 0 Å². The molecule has 0 bridgehead atoms. The summed E-state index contributed by atoms with van der Waals surface area (Å²) in [6, 6.07) is 11.7. The first-order chi connectivity index (χ1) is 10.3. The third kappa shape index (κ3) is 2.68. The number of piperazine rings is 1. The average Bonchev–Trinajstić information content (AvgIpc) is 3.26. The number of hydrogen-bond donors (Lipinski definition) is 0. The van der Waals surface area contributed by atoms with Crippen LogP contribution in [0.5, 0.6) is 0 Å². The highest BCUT2D eigenvalue weighted by atomic mass is 32.1. The number of hydrogen-bond acceptors (Lipinski definition) is 5. The molecule has 1 unspecified atom stereocenters. The third-order valence-corrected chi connectivity index (χ3v) is 5.41. The van der Waals surface area contributed by atoms with Gasteiger partial charge in [-0.05, 0) is 19.8 Å². The van der Waals surface area contributed by atoms with Crippen molar-refractivity contribution in [1.29, 1.82) is 0 Å². The quantitative estimate of drug-likeness (QED) is 0.872. The predicted octanol–water partition coefficient (Wildman–Crippen LogP) is 2.88. The monoisotopic (exact) mass is 300 g/mol. The van der Waals surface area contributed by atoms with Gasteiger partial charge in [-0.15, -0.1) is 10.2 Å². The van der Waals surface area contributed by atoms with Crippen LogP contribution in [-0.4, -0.2) is 46.8 Å². The molecule has 5 heteroatoms. The Morgan fingerprint density at radius 3 is 2.62 bits per heavy atom. The Balaban J connectivity index is 1.50. The molecule has 1 aliphatic carbocycles. The van der Waals surface area contributed by atoms with Crippen LogP contribution in [0.25, 0.3) is 10.6 Å². The van der Waals surface area contributed by atoms with Crippen molar-refractivity contribution >= 4 is 16.5 Å². The molecule has 1 saturated heterocycles. The molecule has 1 aliphatic heterocycles. The Morgan fingerprint density at radius 2 is 1.90 bits per heavy atom.